The lowest BCUT2D eigenvalue weighted by molar-refractivity contribution is 0.669. The molecular formula is C54H35NO. The maximum atomic E-state index is 6.44. The lowest BCUT2D eigenvalue weighted by atomic mass is 9.93. The molecule has 0 saturated carbocycles. The van der Waals surface area contributed by atoms with E-state index in [2.05, 4.69) is 211 Å². The number of anilines is 3. The maximum Gasteiger partial charge on any atom is 0.137 e. The molecule has 0 aliphatic carbocycles. The summed E-state index contributed by atoms with van der Waals surface area (Å²) in [5.74, 6) is 0. The minimum atomic E-state index is 0.866. The summed E-state index contributed by atoms with van der Waals surface area (Å²) in [7, 11) is 0. The molecule has 0 fully saturated rings. The monoisotopic (exact) mass is 713 g/mol. The zero-order valence-corrected chi connectivity index (χ0v) is 30.6. The second-order valence-electron chi connectivity index (χ2n) is 14.5. The summed E-state index contributed by atoms with van der Waals surface area (Å²) in [5, 5.41) is 9.73. The average molecular weight is 714 g/mol. The van der Waals surface area contributed by atoms with Gasteiger partial charge in [0.2, 0.25) is 0 Å². The van der Waals surface area contributed by atoms with E-state index in [1.54, 1.807) is 0 Å². The second kappa shape index (κ2) is 13.2. The Morgan fingerprint density at radius 2 is 0.929 bits per heavy atom. The van der Waals surface area contributed by atoms with Crippen LogP contribution < -0.4 is 4.90 Å². The fourth-order valence-electron chi connectivity index (χ4n) is 8.58. The number of para-hydroxylation sites is 2. The summed E-state index contributed by atoms with van der Waals surface area (Å²) in [6.45, 7) is 0. The maximum absolute atomic E-state index is 6.44. The molecule has 0 saturated heterocycles. The Kier molecular flexibility index (Phi) is 7.53. The molecule has 0 unspecified atom stereocenters. The first kappa shape index (κ1) is 32.0. The van der Waals surface area contributed by atoms with Gasteiger partial charge in [-0.2, -0.15) is 0 Å². The number of hydrogen-bond acceptors (Lipinski definition) is 2. The summed E-state index contributed by atoms with van der Waals surface area (Å²) in [4.78, 5) is 2.41. The molecule has 2 nitrogen and oxygen atoms in total. The molecule has 2 heteroatoms. The quantitative estimate of drug-likeness (QED) is 0.160. The molecule has 10 aromatic carbocycles. The van der Waals surface area contributed by atoms with Crippen molar-refractivity contribution in [3.05, 3.63) is 212 Å². The van der Waals surface area contributed by atoms with E-state index in [9.17, 15) is 0 Å². The zero-order valence-electron chi connectivity index (χ0n) is 30.6. The van der Waals surface area contributed by atoms with Crippen LogP contribution in [0.3, 0.4) is 0 Å². The normalized spacial score (nSPS) is 11.6. The SMILES string of the molecule is c1cc(-c2ccc(-c3cccc4c3ccc3ccccc34)cc2)cc(N(c2ccccc2-c2ccc3ccccc3c2)c2cccc3oc4ccccc4c23)c1. The van der Waals surface area contributed by atoms with Gasteiger partial charge in [0.25, 0.3) is 0 Å². The van der Waals surface area contributed by atoms with Crippen LogP contribution in [0.4, 0.5) is 17.1 Å². The topological polar surface area (TPSA) is 16.4 Å². The molecule has 11 rings (SSSR count). The average Bonchev–Trinajstić information content (AvgIpc) is 3.66. The molecule has 11 aromatic rings. The van der Waals surface area contributed by atoms with Gasteiger partial charge in [-0.25, -0.2) is 0 Å². The first-order valence-electron chi connectivity index (χ1n) is 19.2. The van der Waals surface area contributed by atoms with Gasteiger partial charge in [-0.15, -0.1) is 0 Å². The molecule has 262 valence electrons. The van der Waals surface area contributed by atoms with Crippen molar-refractivity contribution in [1.29, 1.82) is 0 Å². The van der Waals surface area contributed by atoms with Crippen LogP contribution in [-0.4, -0.2) is 0 Å². The van der Waals surface area contributed by atoms with Crippen LogP contribution in [0.5, 0.6) is 0 Å². The Balaban J connectivity index is 1.06. The molecule has 0 radical (unpaired) electrons. The Morgan fingerprint density at radius 1 is 0.304 bits per heavy atom. The van der Waals surface area contributed by atoms with Gasteiger partial charge in [-0.3, -0.25) is 0 Å². The molecule has 0 bridgehead atoms. The van der Waals surface area contributed by atoms with E-state index in [-0.39, 0.29) is 0 Å². The summed E-state index contributed by atoms with van der Waals surface area (Å²) < 4.78 is 6.44. The number of hydrogen-bond donors (Lipinski definition) is 0. The molecule has 0 amide bonds. The van der Waals surface area contributed by atoms with Gasteiger partial charge in [-0.1, -0.05) is 170 Å². The third kappa shape index (κ3) is 5.34. The summed E-state index contributed by atoms with van der Waals surface area (Å²) in [6.07, 6.45) is 0. The highest BCUT2D eigenvalue weighted by Gasteiger charge is 2.22. The van der Waals surface area contributed by atoms with E-state index < -0.39 is 0 Å². The first-order valence-corrected chi connectivity index (χ1v) is 19.2. The highest BCUT2D eigenvalue weighted by molar-refractivity contribution is 6.14. The fraction of sp³-hybridized carbons (Fsp3) is 0. The van der Waals surface area contributed by atoms with Gasteiger partial charge >= 0.3 is 0 Å². The van der Waals surface area contributed by atoms with Gasteiger partial charge in [0.05, 0.1) is 16.8 Å². The number of rotatable bonds is 6. The summed E-state index contributed by atoms with van der Waals surface area (Å²) in [5.41, 5.74) is 12.1. The lowest BCUT2D eigenvalue weighted by Crippen LogP contribution is -2.11. The van der Waals surface area contributed by atoms with E-state index in [0.29, 0.717) is 0 Å². The minimum absolute atomic E-state index is 0.866. The third-order valence-corrected chi connectivity index (χ3v) is 11.2. The van der Waals surface area contributed by atoms with Crippen molar-refractivity contribution >= 4 is 71.3 Å². The van der Waals surface area contributed by atoms with Gasteiger partial charge in [0.15, 0.2) is 0 Å². The highest BCUT2D eigenvalue weighted by atomic mass is 16.3. The number of furan rings is 1. The van der Waals surface area contributed by atoms with Gasteiger partial charge < -0.3 is 9.32 Å². The lowest BCUT2D eigenvalue weighted by Gasteiger charge is -2.29. The molecule has 0 atom stereocenters. The molecule has 1 aromatic heterocycles. The Hall–Kier alpha value is -7.42. The molecule has 0 N–H and O–H groups in total. The van der Waals surface area contributed by atoms with Gasteiger partial charge in [-0.05, 0) is 103 Å². The van der Waals surface area contributed by atoms with Crippen LogP contribution in [0.1, 0.15) is 0 Å². The Bertz CT molecular complexity index is 3260. The van der Waals surface area contributed by atoms with Crippen molar-refractivity contribution in [2.75, 3.05) is 4.90 Å². The van der Waals surface area contributed by atoms with Crippen molar-refractivity contribution in [2.24, 2.45) is 0 Å². The van der Waals surface area contributed by atoms with E-state index in [4.69, 9.17) is 4.42 Å². The van der Waals surface area contributed by atoms with Crippen LogP contribution in [0.2, 0.25) is 0 Å². The molecule has 1 heterocycles. The van der Waals surface area contributed by atoms with E-state index in [0.717, 1.165) is 55.7 Å². The smallest absolute Gasteiger partial charge is 0.137 e. The summed E-state index contributed by atoms with van der Waals surface area (Å²) in [6, 6.07) is 76.5. The molecule has 0 aliphatic heterocycles. The predicted octanol–water partition coefficient (Wildman–Crippen LogP) is 15.5. The Morgan fingerprint density at radius 3 is 1.84 bits per heavy atom. The molecule has 0 aliphatic rings. The second-order valence-corrected chi connectivity index (χ2v) is 14.5. The highest BCUT2D eigenvalue weighted by Crippen LogP contribution is 2.47. The largest absolute Gasteiger partial charge is 0.456 e. The van der Waals surface area contributed by atoms with Crippen LogP contribution in [0, 0.1) is 0 Å². The van der Waals surface area contributed by atoms with Crippen molar-refractivity contribution in [2.45, 2.75) is 0 Å². The van der Waals surface area contributed by atoms with E-state index in [1.807, 2.05) is 6.07 Å². The number of benzene rings is 10. The zero-order chi connectivity index (χ0) is 37.0. The van der Waals surface area contributed by atoms with Crippen LogP contribution in [0.15, 0.2) is 217 Å². The van der Waals surface area contributed by atoms with Gasteiger partial charge in [0, 0.05) is 16.6 Å². The fourth-order valence-corrected chi connectivity index (χ4v) is 8.58. The van der Waals surface area contributed by atoms with E-state index >= 15 is 0 Å². The minimum Gasteiger partial charge on any atom is -0.456 e. The van der Waals surface area contributed by atoms with Crippen LogP contribution >= 0.6 is 0 Å². The van der Waals surface area contributed by atoms with Crippen molar-refractivity contribution < 1.29 is 4.42 Å². The van der Waals surface area contributed by atoms with Crippen molar-refractivity contribution in [3.8, 4) is 33.4 Å². The van der Waals surface area contributed by atoms with Gasteiger partial charge in [0.1, 0.15) is 11.2 Å². The predicted molar refractivity (Wildman–Crippen MR) is 237 cm³/mol. The van der Waals surface area contributed by atoms with Crippen LogP contribution in [-0.2, 0) is 0 Å². The molecular weight excluding hydrogens is 679 g/mol. The van der Waals surface area contributed by atoms with E-state index in [1.165, 1.54) is 49.0 Å². The molecule has 0 spiro atoms. The third-order valence-electron chi connectivity index (χ3n) is 11.2. The number of nitrogens with zero attached hydrogens (tertiary/aromatic N) is 1. The first-order chi connectivity index (χ1) is 27.8. The Labute approximate surface area is 325 Å². The van der Waals surface area contributed by atoms with Crippen molar-refractivity contribution in [3.63, 3.8) is 0 Å². The number of fused-ring (bicyclic) bond motifs is 7. The summed E-state index contributed by atoms with van der Waals surface area (Å²) >= 11 is 0. The standard InChI is InChI=1S/C54H35NO/c1-2-14-40-34-42(31-28-36(40)12-1)46-18-5-7-22-50(46)55(51-23-11-25-53-54(51)49-19-6-8-24-52(49)56-53)43-16-9-15-41(35-43)37-26-29-39(30-27-37)45-20-10-21-47-44-17-4-3-13-38(44)32-33-48(45)47/h1-35H. The van der Waals surface area contributed by atoms with Crippen LogP contribution in [0.25, 0.3) is 87.6 Å². The molecule has 56 heavy (non-hydrogen) atoms. The van der Waals surface area contributed by atoms with Crippen molar-refractivity contribution in [1.82, 2.24) is 0 Å².